The van der Waals surface area contributed by atoms with E-state index in [4.69, 9.17) is 16.2 Å². The van der Waals surface area contributed by atoms with E-state index < -0.39 is 41.7 Å². The molecule has 166 valence electrons. The molecular formula is C16H16F5N3O4S2. The Morgan fingerprint density at radius 1 is 1.03 bits per heavy atom. The van der Waals surface area contributed by atoms with Crippen LogP contribution in [0.25, 0.3) is 0 Å². The van der Waals surface area contributed by atoms with Crippen LogP contribution in [-0.2, 0) is 9.84 Å². The second-order valence-electron chi connectivity index (χ2n) is 6.27. The van der Waals surface area contributed by atoms with Crippen LogP contribution in [0.1, 0.15) is 15.9 Å². The number of carbonyl (C=O) groups is 1. The number of nitrogens with two attached hydrogens (primary N) is 2. The third-order valence-electron chi connectivity index (χ3n) is 3.65. The maximum absolute atomic E-state index is 12.8. The maximum Gasteiger partial charge on any atom is 0.310 e. The van der Waals surface area contributed by atoms with Gasteiger partial charge in [0.1, 0.15) is 21.3 Å². The van der Waals surface area contributed by atoms with Crippen molar-refractivity contribution in [3.05, 3.63) is 47.5 Å². The highest BCUT2D eigenvalue weighted by Gasteiger charge is 2.65. The number of guanidine groups is 1. The molecule has 0 bridgehead atoms. The van der Waals surface area contributed by atoms with Crippen molar-refractivity contribution in [2.75, 3.05) is 6.26 Å². The highest BCUT2D eigenvalue weighted by atomic mass is 32.5. The molecule has 0 aliphatic carbocycles. The average molecular weight is 473 g/mol. The molecule has 2 rings (SSSR count). The fourth-order valence-electron chi connectivity index (χ4n) is 2.33. The van der Waals surface area contributed by atoms with E-state index in [2.05, 4.69) is 4.99 Å². The van der Waals surface area contributed by atoms with E-state index in [1.807, 2.05) is 0 Å². The van der Waals surface area contributed by atoms with Gasteiger partial charge in [0.2, 0.25) is 0 Å². The van der Waals surface area contributed by atoms with Crippen LogP contribution >= 0.6 is 10.2 Å². The van der Waals surface area contributed by atoms with Crippen LogP contribution in [0.15, 0.2) is 51.2 Å². The van der Waals surface area contributed by atoms with Gasteiger partial charge in [-0.1, -0.05) is 19.4 Å². The predicted octanol–water partition coefficient (Wildman–Crippen LogP) is 4.26. The number of amides is 1. The van der Waals surface area contributed by atoms with Gasteiger partial charge in [0.25, 0.3) is 5.91 Å². The molecule has 7 nitrogen and oxygen atoms in total. The molecule has 0 heterocycles. The number of nitrogens with zero attached hydrogens (tertiary/aromatic N) is 1. The highest BCUT2D eigenvalue weighted by Crippen LogP contribution is 3.02. The van der Waals surface area contributed by atoms with Crippen LogP contribution in [0.2, 0.25) is 0 Å². The molecule has 0 spiro atoms. The summed E-state index contributed by atoms with van der Waals surface area (Å²) >= 11 is 0. The summed E-state index contributed by atoms with van der Waals surface area (Å²) in [6.45, 7) is 1.41. The molecule has 0 saturated heterocycles. The van der Waals surface area contributed by atoms with Gasteiger partial charge in [-0.25, -0.2) is 8.42 Å². The molecule has 0 saturated carbocycles. The minimum absolute atomic E-state index is 0.125. The van der Waals surface area contributed by atoms with E-state index in [9.17, 15) is 32.6 Å². The molecule has 0 aliphatic rings. The molecule has 2 aromatic rings. The summed E-state index contributed by atoms with van der Waals surface area (Å²) < 4.78 is 93.5. The molecule has 0 fully saturated rings. The van der Waals surface area contributed by atoms with E-state index in [-0.39, 0.29) is 34.8 Å². The number of hydrogen-bond donors (Lipinski definition) is 2. The maximum atomic E-state index is 12.8. The van der Waals surface area contributed by atoms with E-state index >= 15 is 0 Å². The van der Waals surface area contributed by atoms with Gasteiger partial charge in [0.05, 0.1) is 0 Å². The molecule has 0 unspecified atom stereocenters. The molecule has 0 aromatic heterocycles. The van der Waals surface area contributed by atoms with E-state index in [1.54, 1.807) is 0 Å². The zero-order valence-corrected chi connectivity index (χ0v) is 17.0. The van der Waals surface area contributed by atoms with Crippen molar-refractivity contribution >= 4 is 31.9 Å². The Morgan fingerprint density at radius 2 is 1.57 bits per heavy atom. The zero-order chi connectivity index (χ0) is 23.2. The summed E-state index contributed by atoms with van der Waals surface area (Å²) in [5.41, 5.74) is 10.3. The van der Waals surface area contributed by atoms with Gasteiger partial charge in [-0.05, 0) is 48.9 Å². The molecule has 1 amide bonds. The van der Waals surface area contributed by atoms with Crippen molar-refractivity contribution in [2.24, 2.45) is 16.5 Å². The van der Waals surface area contributed by atoms with Gasteiger partial charge in [0.15, 0.2) is 15.8 Å². The smallest absolute Gasteiger partial charge is 0.310 e. The van der Waals surface area contributed by atoms with Gasteiger partial charge in [-0.3, -0.25) is 4.79 Å². The molecule has 0 atom stereocenters. The Labute approximate surface area is 168 Å². The summed E-state index contributed by atoms with van der Waals surface area (Å²) in [5.74, 6) is -2.15. The summed E-state index contributed by atoms with van der Waals surface area (Å²) in [5, 5.41) is 0. The second kappa shape index (κ2) is 6.57. The van der Waals surface area contributed by atoms with Gasteiger partial charge >= 0.3 is 10.2 Å². The van der Waals surface area contributed by atoms with Crippen LogP contribution in [-0.4, -0.2) is 26.5 Å². The largest absolute Gasteiger partial charge is 0.456 e. The topological polar surface area (TPSA) is 125 Å². The number of benzene rings is 2. The second-order valence-corrected chi connectivity index (χ2v) is 10.7. The quantitative estimate of drug-likeness (QED) is 0.380. The number of carbonyl (C=O) groups excluding carboxylic acids is 1. The molecule has 0 aliphatic heterocycles. The first-order chi connectivity index (χ1) is 13.3. The van der Waals surface area contributed by atoms with Gasteiger partial charge in [-0.15, -0.1) is 0 Å². The lowest BCUT2D eigenvalue weighted by atomic mass is 10.1. The minimum Gasteiger partial charge on any atom is -0.456 e. The van der Waals surface area contributed by atoms with Crippen LogP contribution < -0.4 is 16.2 Å². The normalized spacial score (nSPS) is 14.4. The molecular weight excluding hydrogens is 457 g/mol. The minimum atomic E-state index is -9.86. The zero-order valence-electron chi connectivity index (χ0n) is 15.4. The first-order valence-electron chi connectivity index (χ1n) is 7.78. The van der Waals surface area contributed by atoms with Crippen LogP contribution in [0.4, 0.5) is 19.4 Å². The Balaban J connectivity index is 2.54. The average Bonchev–Trinajstić information content (AvgIpc) is 2.51. The third kappa shape index (κ3) is 5.60. The number of aliphatic imine (C=N–C) groups is 1. The first-order valence-corrected chi connectivity index (χ1v) is 11.6. The predicted molar refractivity (Wildman–Crippen MR) is 102 cm³/mol. The lowest BCUT2D eigenvalue weighted by Gasteiger charge is -2.40. The van der Waals surface area contributed by atoms with Crippen LogP contribution in [0, 0.1) is 6.92 Å². The fourth-order valence-corrected chi connectivity index (χ4v) is 3.78. The van der Waals surface area contributed by atoms with Crippen LogP contribution in [0.5, 0.6) is 11.5 Å². The standard InChI is InChI=1S/C16H16F5N3O4S2/c1-9-7-13(14(29(2,26)27)8-12(9)15(25)24-16(22)23)28-10-3-5-11(6-4-10)30(17,18,19,20)21/h3-8H,1-2H3,(H4,22,23,24,25). The molecule has 2 aromatic carbocycles. The molecule has 4 N–H and O–H groups in total. The van der Waals surface area contributed by atoms with Crippen molar-refractivity contribution in [3.63, 3.8) is 0 Å². The number of aryl methyl sites for hydroxylation is 1. The summed E-state index contributed by atoms with van der Waals surface area (Å²) in [6.07, 6.45) is 0.802. The number of rotatable bonds is 5. The number of ether oxygens (including phenoxy) is 1. The van der Waals surface area contributed by atoms with Crippen molar-refractivity contribution in [1.82, 2.24) is 0 Å². The summed E-state index contributed by atoms with van der Waals surface area (Å²) in [6, 6.07) is 3.56. The number of hydrogen-bond acceptors (Lipinski definition) is 4. The highest BCUT2D eigenvalue weighted by molar-refractivity contribution is 8.45. The Kier molecular flexibility index (Phi) is 5.12. The molecule has 0 radical (unpaired) electrons. The first kappa shape index (κ1) is 23.4. The number of sulfone groups is 1. The summed E-state index contributed by atoms with van der Waals surface area (Å²) in [4.78, 5) is 12.8. The third-order valence-corrected chi connectivity index (χ3v) is 5.93. The van der Waals surface area contributed by atoms with Gasteiger partial charge in [0, 0.05) is 11.8 Å². The monoisotopic (exact) mass is 473 g/mol. The lowest BCUT2D eigenvalue weighted by molar-refractivity contribution is 0.100. The summed E-state index contributed by atoms with van der Waals surface area (Å²) in [7, 11) is -13.9. The van der Waals surface area contributed by atoms with Crippen molar-refractivity contribution in [3.8, 4) is 11.5 Å². The SMILES string of the molecule is Cc1cc(Oc2ccc(S(F)(F)(F)(F)F)cc2)c(S(C)(=O)=O)cc1C(=O)N=C(N)N. The Hall–Kier alpha value is -2.87. The van der Waals surface area contributed by atoms with Crippen LogP contribution in [0.3, 0.4) is 0 Å². The van der Waals surface area contributed by atoms with Gasteiger partial charge < -0.3 is 16.2 Å². The van der Waals surface area contributed by atoms with E-state index in [0.717, 1.165) is 18.4 Å². The van der Waals surface area contributed by atoms with E-state index in [1.165, 1.54) is 6.92 Å². The fraction of sp³-hybridized carbons (Fsp3) is 0.125. The molecule has 14 heteroatoms. The van der Waals surface area contributed by atoms with Crippen molar-refractivity contribution < 1.29 is 37.4 Å². The van der Waals surface area contributed by atoms with Crippen molar-refractivity contribution in [1.29, 1.82) is 0 Å². The van der Waals surface area contributed by atoms with E-state index in [0.29, 0.717) is 12.1 Å². The van der Waals surface area contributed by atoms with Crippen molar-refractivity contribution in [2.45, 2.75) is 16.7 Å². The molecule has 30 heavy (non-hydrogen) atoms. The Bertz CT molecular complexity index is 1160. The lowest BCUT2D eigenvalue weighted by Crippen LogP contribution is -2.24. The number of halogens is 5. The van der Waals surface area contributed by atoms with Gasteiger partial charge in [-0.2, -0.15) is 4.99 Å². The Morgan fingerprint density at radius 3 is 2.00 bits per heavy atom.